The zero-order valence-electron chi connectivity index (χ0n) is 35.8. The highest BCUT2D eigenvalue weighted by Gasteiger charge is 2.54. The van der Waals surface area contributed by atoms with Crippen LogP contribution in [0.1, 0.15) is 62.5 Å². The van der Waals surface area contributed by atoms with Crippen LogP contribution >= 0.6 is 0 Å². The van der Waals surface area contributed by atoms with Gasteiger partial charge in [0.25, 0.3) is 0 Å². The number of alkyl halides is 6. The Bertz CT molecular complexity index is 2940. The standard InChI is InChI=1S/C44H40F6N8O8S2/c1-65-35-18-27(67(61,62)37-4-2-25(14-31(37)43(45,46)47)33-20-52-10-12-55-33)16-29(35)39(59)58-42(8-9-42)23-54-24-66-36-19-28(17-30(36)40(60)57-41(22-51)6-7-41)68(63,64)38-5-3-26(15-32(38)44(48,49)50)34-21-53-11-13-56-34/h2-5,10-15,20-21,27-30,35-36H,6-9,16-19,24H2,1H3,(H-,57,58,59,60)/p+1/t27-,28+,29-,30+,35-,36+/m1/s1. The van der Waals surface area contributed by atoms with Gasteiger partial charge in [0.15, 0.2) is 25.2 Å². The van der Waals surface area contributed by atoms with E-state index in [0.717, 1.165) is 12.1 Å². The van der Waals surface area contributed by atoms with Crippen molar-refractivity contribution in [3.05, 3.63) is 89.6 Å². The minimum absolute atomic E-state index is 0.00527. The Labute approximate surface area is 385 Å². The molecule has 0 bridgehead atoms. The molecule has 2 heterocycles. The van der Waals surface area contributed by atoms with Crippen LogP contribution in [0.2, 0.25) is 0 Å². The second-order valence-corrected chi connectivity index (χ2v) is 21.6. The molecule has 16 nitrogen and oxygen atoms in total. The van der Waals surface area contributed by atoms with E-state index in [9.17, 15) is 58.0 Å². The van der Waals surface area contributed by atoms with Crippen molar-refractivity contribution in [3.63, 3.8) is 0 Å². The van der Waals surface area contributed by atoms with Crippen LogP contribution in [0.5, 0.6) is 0 Å². The van der Waals surface area contributed by atoms with Gasteiger partial charge >= 0.3 is 25.2 Å². The highest BCUT2D eigenvalue weighted by atomic mass is 32.2. The summed E-state index contributed by atoms with van der Waals surface area (Å²) in [5.74, 6) is -3.72. The number of benzene rings is 2. The molecule has 2 aromatic heterocycles. The predicted octanol–water partition coefficient (Wildman–Crippen LogP) is 5.95. The second-order valence-electron chi connectivity index (χ2n) is 17.2. The summed E-state index contributed by atoms with van der Waals surface area (Å²) in [4.78, 5) is 45.2. The molecule has 68 heavy (non-hydrogen) atoms. The molecule has 2 N–H and O–H groups in total. The molecule has 0 saturated heterocycles. The lowest BCUT2D eigenvalue weighted by molar-refractivity contribution is -0.140. The number of ether oxygens (including phenoxy) is 2. The summed E-state index contributed by atoms with van der Waals surface area (Å²) in [7, 11) is -8.22. The Kier molecular flexibility index (Phi) is 12.9. The summed E-state index contributed by atoms with van der Waals surface area (Å²) in [6.07, 6.45) is -4.89. The zero-order chi connectivity index (χ0) is 48.9. The molecule has 6 atom stereocenters. The average Bonchev–Trinajstić information content (AvgIpc) is 4.16. The van der Waals surface area contributed by atoms with E-state index in [1.807, 2.05) is 6.07 Å². The molecule has 4 aromatic rings. The Balaban J connectivity index is 0.960. The van der Waals surface area contributed by atoms with Gasteiger partial charge in [-0.05, 0) is 80.5 Å². The summed E-state index contributed by atoms with van der Waals surface area (Å²) in [5.41, 5.74) is -5.03. The van der Waals surface area contributed by atoms with Crippen LogP contribution in [0.25, 0.3) is 27.4 Å². The van der Waals surface area contributed by atoms with Crippen molar-refractivity contribution in [1.29, 1.82) is 5.26 Å². The molecule has 0 unspecified atom stereocenters. The zero-order valence-corrected chi connectivity index (χ0v) is 37.4. The number of hydrogen-bond donors (Lipinski definition) is 2. The highest BCUT2D eigenvalue weighted by Crippen LogP contribution is 2.45. The van der Waals surface area contributed by atoms with E-state index < -0.39 is 130 Å². The number of nitrogens with zero attached hydrogens (tertiary/aromatic N) is 6. The van der Waals surface area contributed by atoms with Gasteiger partial charge in [-0.1, -0.05) is 12.1 Å². The third-order valence-electron chi connectivity index (χ3n) is 12.8. The van der Waals surface area contributed by atoms with E-state index >= 15 is 0 Å². The molecule has 24 heteroatoms. The largest absolute Gasteiger partial charge is 0.417 e. The second kappa shape index (κ2) is 18.1. The molecule has 8 rings (SSSR count). The van der Waals surface area contributed by atoms with E-state index in [4.69, 9.17) is 9.47 Å². The van der Waals surface area contributed by atoms with E-state index in [1.165, 1.54) is 56.4 Å². The van der Waals surface area contributed by atoms with Crippen molar-refractivity contribution in [3.8, 4) is 34.7 Å². The maximum absolute atomic E-state index is 14.5. The topological polar surface area (TPSA) is 225 Å². The first kappa shape index (κ1) is 48.4. The highest BCUT2D eigenvalue weighted by molar-refractivity contribution is 7.92. The number of nitrogens with one attached hydrogen (secondary N) is 2. The minimum Gasteiger partial charge on any atom is -0.381 e. The van der Waals surface area contributed by atoms with Crippen LogP contribution in [-0.2, 0) is 51.1 Å². The fraction of sp³-hybridized carbons (Fsp3) is 0.455. The molecular formula is C44H41F6N8O8S2+. The number of methoxy groups -OCH3 is 1. The summed E-state index contributed by atoms with van der Waals surface area (Å²) in [5, 5.41) is 12.1. The van der Waals surface area contributed by atoms with Crippen LogP contribution in [0.4, 0.5) is 26.3 Å². The molecule has 4 saturated carbocycles. The first-order chi connectivity index (χ1) is 32.1. The van der Waals surface area contributed by atoms with Gasteiger partial charge in [0.2, 0.25) is 11.8 Å². The number of sulfone groups is 2. The molecule has 358 valence electrons. The smallest absolute Gasteiger partial charge is 0.381 e. The SMILES string of the molecule is CO[C@@H]1C[C@H](S(=O)(=O)c2ccc(-c3cnccn3)cc2C(F)(F)F)C[C@H]1C(=O)NC1(C#[N+]CO[C@H]2C[C@@H](S(=O)(=O)c3ccc(-c4cnccn4)cc3C(F)(F)F)C[C@@H]2C(=O)NC2(C#N)CC2)CC1. The lowest BCUT2D eigenvalue weighted by Crippen LogP contribution is -2.42. The van der Waals surface area contributed by atoms with Crippen molar-refractivity contribution in [1.82, 2.24) is 30.6 Å². The Morgan fingerprint density at radius 2 is 1.18 bits per heavy atom. The van der Waals surface area contributed by atoms with Crippen molar-refractivity contribution in [2.45, 2.75) is 107 Å². The summed E-state index contributed by atoms with van der Waals surface area (Å²) in [6, 6.07) is 10.2. The number of halogens is 6. The molecule has 0 aliphatic heterocycles. The number of rotatable bonds is 13. The molecule has 0 radical (unpaired) electrons. The van der Waals surface area contributed by atoms with Gasteiger partial charge in [-0.15, -0.1) is 0 Å². The average molecular weight is 988 g/mol. The van der Waals surface area contributed by atoms with Crippen LogP contribution in [0.3, 0.4) is 0 Å². The normalized spacial score (nSPS) is 24.0. The van der Waals surface area contributed by atoms with Crippen LogP contribution < -0.4 is 10.6 Å². The molecule has 2 amide bonds. The molecule has 4 aliphatic rings. The van der Waals surface area contributed by atoms with Gasteiger partial charge in [-0.2, -0.15) is 31.6 Å². The van der Waals surface area contributed by atoms with Gasteiger partial charge in [-0.25, -0.2) is 16.8 Å². The Morgan fingerprint density at radius 3 is 1.59 bits per heavy atom. The van der Waals surface area contributed by atoms with Gasteiger partial charge in [0, 0.05) is 43.0 Å². The summed E-state index contributed by atoms with van der Waals surface area (Å²) < 4.78 is 154. The van der Waals surface area contributed by atoms with Crippen molar-refractivity contribution in [2.24, 2.45) is 11.8 Å². The Hall–Kier alpha value is -6.08. The van der Waals surface area contributed by atoms with Gasteiger partial charge < -0.3 is 20.1 Å². The lowest BCUT2D eigenvalue weighted by atomic mass is 10.0. The predicted molar refractivity (Wildman–Crippen MR) is 226 cm³/mol. The number of nitriles is 1. The first-order valence-electron chi connectivity index (χ1n) is 21.2. The third kappa shape index (κ3) is 9.90. The summed E-state index contributed by atoms with van der Waals surface area (Å²) >= 11 is 0. The van der Waals surface area contributed by atoms with Crippen LogP contribution in [-0.4, -0.2) is 96.2 Å². The molecule has 4 aliphatic carbocycles. The third-order valence-corrected chi connectivity index (χ3v) is 17.2. The molecular weight excluding hydrogens is 947 g/mol. The van der Waals surface area contributed by atoms with Gasteiger partial charge in [-0.3, -0.25) is 29.5 Å². The number of carbonyl (C=O) groups is 2. The lowest BCUT2D eigenvalue weighted by Gasteiger charge is -2.19. The van der Waals surface area contributed by atoms with Crippen molar-refractivity contribution >= 4 is 31.5 Å². The number of amides is 2. The van der Waals surface area contributed by atoms with E-state index in [0.29, 0.717) is 37.8 Å². The quantitative estimate of drug-likeness (QED) is 0.148. The van der Waals surface area contributed by atoms with Crippen molar-refractivity contribution in [2.75, 3.05) is 13.8 Å². The van der Waals surface area contributed by atoms with Crippen LogP contribution in [0.15, 0.2) is 83.4 Å². The minimum atomic E-state index is -5.11. The van der Waals surface area contributed by atoms with Crippen molar-refractivity contribution < 1.29 is 62.2 Å². The van der Waals surface area contributed by atoms with E-state index in [1.54, 1.807) is 0 Å². The van der Waals surface area contributed by atoms with E-state index in [2.05, 4.69) is 41.5 Å². The monoisotopic (exact) mass is 987 g/mol. The number of aromatic nitrogens is 4. The van der Waals surface area contributed by atoms with Gasteiger partial charge in [0.05, 0.1) is 85.3 Å². The van der Waals surface area contributed by atoms with Gasteiger partial charge in [0.1, 0.15) is 5.54 Å². The molecule has 0 spiro atoms. The molecule has 2 aromatic carbocycles. The maximum atomic E-state index is 14.5. The number of hydrogen-bond acceptors (Lipinski definition) is 13. The van der Waals surface area contributed by atoms with Crippen LogP contribution in [0, 0.1) is 29.2 Å². The molecule has 4 fully saturated rings. The summed E-state index contributed by atoms with van der Waals surface area (Å²) in [6.45, 7) is -0.537. The Morgan fingerprint density at radius 1 is 0.721 bits per heavy atom. The number of carbonyl (C=O) groups excluding carboxylic acids is 2. The fourth-order valence-corrected chi connectivity index (χ4v) is 12.7. The maximum Gasteiger partial charge on any atom is 0.417 e. The van der Waals surface area contributed by atoms with E-state index in [-0.39, 0.29) is 35.4 Å². The first-order valence-corrected chi connectivity index (χ1v) is 24.3. The fourth-order valence-electron chi connectivity index (χ4n) is 8.74.